The molecule has 3 N–H and O–H groups in total. The van der Waals surface area contributed by atoms with E-state index in [0.29, 0.717) is 0 Å². The average molecular weight is 220 g/mol. The second kappa shape index (κ2) is 5.75. The number of rotatable bonds is 5. The van der Waals surface area contributed by atoms with Gasteiger partial charge in [-0.3, -0.25) is 15.3 Å². The van der Waals surface area contributed by atoms with Crippen LogP contribution in [0.15, 0.2) is 30.3 Å². The van der Waals surface area contributed by atoms with Gasteiger partial charge in [0.2, 0.25) is 5.91 Å². The van der Waals surface area contributed by atoms with E-state index in [1.54, 1.807) is 0 Å². The minimum Gasteiger partial charge on any atom is -0.376 e. The maximum Gasteiger partial charge on any atom is 0.260 e. The molecule has 0 aliphatic heterocycles. The third kappa shape index (κ3) is 4.00. The molecule has 0 aliphatic rings. The summed E-state index contributed by atoms with van der Waals surface area (Å²) in [6.07, 6.45) is 0. The van der Waals surface area contributed by atoms with Gasteiger partial charge in [-0.15, -0.1) is 0 Å². The Balaban J connectivity index is 2.33. The van der Waals surface area contributed by atoms with Crippen LogP contribution in [0.4, 0.5) is 5.69 Å². The molecule has 5 nitrogen and oxygen atoms in total. The highest BCUT2D eigenvalue weighted by Gasteiger charge is 2.11. The highest BCUT2D eigenvalue weighted by Crippen LogP contribution is 2.03. The standard InChI is InChI=1S/C11H14N3O2/c1-8(11(12)16)14-10(15)7-13-9-5-3-2-4-6-9/h2-6,8,12-13H,7H2,1H3,(H,14,15). The summed E-state index contributed by atoms with van der Waals surface area (Å²) in [6.45, 7) is 1.57. The maximum absolute atomic E-state index is 11.3. The summed E-state index contributed by atoms with van der Waals surface area (Å²) in [5.41, 5.74) is 7.63. The molecule has 0 heterocycles. The van der Waals surface area contributed by atoms with Crippen molar-refractivity contribution in [3.63, 3.8) is 0 Å². The zero-order chi connectivity index (χ0) is 12.0. The fraction of sp³-hybridized carbons (Fsp3) is 0.273. The summed E-state index contributed by atoms with van der Waals surface area (Å²) >= 11 is 0. The van der Waals surface area contributed by atoms with E-state index >= 15 is 0 Å². The molecule has 1 unspecified atom stereocenters. The lowest BCUT2D eigenvalue weighted by Crippen LogP contribution is -2.41. The number of hydrogen-bond acceptors (Lipinski definition) is 3. The van der Waals surface area contributed by atoms with Crippen molar-refractivity contribution in [3.8, 4) is 0 Å². The number of benzene rings is 1. The van der Waals surface area contributed by atoms with Crippen LogP contribution in [0, 0.1) is 0 Å². The van der Waals surface area contributed by atoms with Crippen LogP contribution >= 0.6 is 0 Å². The van der Waals surface area contributed by atoms with Crippen LogP contribution in [-0.4, -0.2) is 24.4 Å². The van der Waals surface area contributed by atoms with Crippen molar-refractivity contribution in [3.05, 3.63) is 30.3 Å². The third-order valence-electron chi connectivity index (χ3n) is 2.00. The van der Waals surface area contributed by atoms with E-state index in [2.05, 4.69) is 10.6 Å². The molecule has 0 saturated heterocycles. The van der Waals surface area contributed by atoms with E-state index < -0.39 is 11.9 Å². The Bertz CT molecular complexity index is 365. The first-order chi connectivity index (χ1) is 7.59. The van der Waals surface area contributed by atoms with Gasteiger partial charge in [0.1, 0.15) is 6.04 Å². The lowest BCUT2D eigenvalue weighted by molar-refractivity contribution is -0.126. The molecule has 0 fully saturated rings. The normalized spacial score (nSPS) is 11.6. The van der Waals surface area contributed by atoms with Crippen molar-refractivity contribution < 1.29 is 9.59 Å². The Kier molecular flexibility index (Phi) is 4.32. The number of carbonyl (C=O) groups is 2. The summed E-state index contributed by atoms with van der Waals surface area (Å²) in [5.74, 6) is -1.11. The molecule has 0 saturated carbocycles. The number of amides is 2. The van der Waals surface area contributed by atoms with Crippen LogP contribution < -0.4 is 16.4 Å². The molecule has 0 aromatic heterocycles. The van der Waals surface area contributed by atoms with Crippen LogP contribution in [0.5, 0.6) is 0 Å². The van der Waals surface area contributed by atoms with Crippen molar-refractivity contribution in [1.29, 1.82) is 0 Å². The summed E-state index contributed by atoms with van der Waals surface area (Å²) in [5, 5.41) is 5.32. The third-order valence-corrected chi connectivity index (χ3v) is 2.00. The van der Waals surface area contributed by atoms with E-state index in [9.17, 15) is 9.59 Å². The molecular formula is C11H14N3O2. The first-order valence-electron chi connectivity index (χ1n) is 4.93. The fourth-order valence-corrected chi connectivity index (χ4v) is 1.10. The Morgan fingerprint density at radius 3 is 2.50 bits per heavy atom. The molecular weight excluding hydrogens is 206 g/mol. The van der Waals surface area contributed by atoms with Crippen molar-refractivity contribution in [1.82, 2.24) is 11.1 Å². The Morgan fingerprint density at radius 2 is 1.94 bits per heavy atom. The molecule has 1 aromatic carbocycles. The van der Waals surface area contributed by atoms with E-state index in [1.807, 2.05) is 30.3 Å². The summed E-state index contributed by atoms with van der Waals surface area (Å²) in [4.78, 5) is 21.9. The number of para-hydroxylation sites is 1. The number of hydrogen-bond donors (Lipinski definition) is 2. The van der Waals surface area contributed by atoms with Crippen LogP contribution in [0.2, 0.25) is 0 Å². The maximum atomic E-state index is 11.3. The molecule has 1 radical (unpaired) electrons. The molecule has 16 heavy (non-hydrogen) atoms. The molecule has 2 amide bonds. The van der Waals surface area contributed by atoms with E-state index in [1.165, 1.54) is 6.92 Å². The SMILES string of the molecule is CC(NC(=O)CNc1ccccc1)C([NH])=O. The Hall–Kier alpha value is -2.04. The van der Waals surface area contributed by atoms with Crippen molar-refractivity contribution in [2.45, 2.75) is 13.0 Å². The van der Waals surface area contributed by atoms with Gasteiger partial charge in [0.15, 0.2) is 0 Å². The largest absolute Gasteiger partial charge is 0.376 e. The highest BCUT2D eigenvalue weighted by atomic mass is 16.2. The minimum absolute atomic E-state index is 0.0850. The fourth-order valence-electron chi connectivity index (χ4n) is 1.10. The molecule has 5 heteroatoms. The molecule has 0 bridgehead atoms. The molecule has 85 valence electrons. The van der Waals surface area contributed by atoms with Crippen LogP contribution in [0.3, 0.4) is 0 Å². The number of anilines is 1. The summed E-state index contributed by atoms with van der Waals surface area (Å²) < 4.78 is 0. The van der Waals surface area contributed by atoms with E-state index in [0.717, 1.165) is 5.69 Å². The van der Waals surface area contributed by atoms with Gasteiger partial charge in [0, 0.05) is 5.69 Å². The summed E-state index contributed by atoms with van der Waals surface area (Å²) in [6, 6.07) is 8.52. The quantitative estimate of drug-likeness (QED) is 0.754. The van der Waals surface area contributed by atoms with Gasteiger partial charge >= 0.3 is 0 Å². The zero-order valence-electron chi connectivity index (χ0n) is 8.99. The number of nitrogens with one attached hydrogen (secondary N) is 3. The van der Waals surface area contributed by atoms with E-state index in [4.69, 9.17) is 5.73 Å². The van der Waals surface area contributed by atoms with Crippen molar-refractivity contribution in [2.75, 3.05) is 11.9 Å². The first kappa shape index (κ1) is 12.0. The lowest BCUT2D eigenvalue weighted by atomic mass is 10.3. The Morgan fingerprint density at radius 1 is 1.31 bits per heavy atom. The van der Waals surface area contributed by atoms with Crippen molar-refractivity contribution in [2.24, 2.45) is 0 Å². The average Bonchev–Trinajstić information content (AvgIpc) is 2.27. The molecule has 1 aromatic rings. The minimum atomic E-state index is -0.798. The first-order valence-corrected chi connectivity index (χ1v) is 4.93. The number of carbonyl (C=O) groups excluding carboxylic acids is 2. The molecule has 0 aliphatic carbocycles. The van der Waals surface area contributed by atoms with Crippen LogP contribution in [-0.2, 0) is 9.59 Å². The van der Waals surface area contributed by atoms with Gasteiger partial charge < -0.3 is 10.6 Å². The monoisotopic (exact) mass is 220 g/mol. The van der Waals surface area contributed by atoms with E-state index in [-0.39, 0.29) is 12.5 Å². The predicted molar refractivity (Wildman–Crippen MR) is 60.6 cm³/mol. The zero-order valence-corrected chi connectivity index (χ0v) is 8.99. The van der Waals surface area contributed by atoms with Crippen LogP contribution in [0.25, 0.3) is 0 Å². The summed E-state index contributed by atoms with van der Waals surface area (Å²) in [7, 11) is 0. The molecule has 0 spiro atoms. The predicted octanol–water partition coefficient (Wildman–Crippen LogP) is 0.413. The van der Waals surface area contributed by atoms with Gasteiger partial charge in [-0.1, -0.05) is 18.2 Å². The second-order valence-corrected chi connectivity index (χ2v) is 3.37. The Labute approximate surface area is 94.0 Å². The van der Waals surface area contributed by atoms with Gasteiger partial charge in [0.25, 0.3) is 5.91 Å². The highest BCUT2D eigenvalue weighted by molar-refractivity contribution is 5.87. The van der Waals surface area contributed by atoms with Gasteiger partial charge in [-0.05, 0) is 19.1 Å². The van der Waals surface area contributed by atoms with Crippen LogP contribution in [0.1, 0.15) is 6.92 Å². The molecule has 1 atom stereocenters. The van der Waals surface area contributed by atoms with Gasteiger partial charge in [0.05, 0.1) is 6.54 Å². The van der Waals surface area contributed by atoms with Crippen molar-refractivity contribution >= 4 is 17.5 Å². The van der Waals surface area contributed by atoms with Gasteiger partial charge in [-0.2, -0.15) is 0 Å². The second-order valence-electron chi connectivity index (χ2n) is 3.37. The molecule has 1 rings (SSSR count). The topological polar surface area (TPSA) is 82.0 Å². The van der Waals surface area contributed by atoms with Gasteiger partial charge in [-0.25, -0.2) is 0 Å². The smallest absolute Gasteiger partial charge is 0.260 e. The lowest BCUT2D eigenvalue weighted by Gasteiger charge is -2.10.